The van der Waals surface area contributed by atoms with Crippen LogP contribution in [0.2, 0.25) is 0 Å². The third-order valence-electron chi connectivity index (χ3n) is 1.19. The standard InChI is InChI=1S/C8H13BrO2/c1-2-8(10)11-7-5-3-4-6-9/h2H,1,3-7H2. The number of hydrogen-bond donors (Lipinski definition) is 0. The smallest absolute Gasteiger partial charge is 0.330 e. The molecule has 0 aromatic carbocycles. The summed E-state index contributed by atoms with van der Waals surface area (Å²) in [6.07, 6.45) is 4.34. The van der Waals surface area contributed by atoms with E-state index in [2.05, 4.69) is 22.5 Å². The predicted octanol–water partition coefficient (Wildman–Crippen LogP) is 2.28. The second kappa shape index (κ2) is 7.79. The van der Waals surface area contributed by atoms with Crippen molar-refractivity contribution in [3.8, 4) is 0 Å². The number of hydrogen-bond acceptors (Lipinski definition) is 2. The lowest BCUT2D eigenvalue weighted by molar-refractivity contribution is -0.137. The van der Waals surface area contributed by atoms with Crippen molar-refractivity contribution in [3.05, 3.63) is 12.7 Å². The third-order valence-corrected chi connectivity index (χ3v) is 1.75. The lowest BCUT2D eigenvalue weighted by Crippen LogP contribution is -2.01. The Morgan fingerprint density at radius 1 is 1.45 bits per heavy atom. The Hall–Kier alpha value is -0.310. The first-order valence-corrected chi connectivity index (χ1v) is 4.78. The van der Waals surface area contributed by atoms with Gasteiger partial charge < -0.3 is 4.74 Å². The summed E-state index contributed by atoms with van der Waals surface area (Å²) in [6, 6.07) is 0. The average Bonchev–Trinajstić information content (AvgIpc) is 2.04. The molecule has 2 nitrogen and oxygen atoms in total. The zero-order valence-corrected chi connectivity index (χ0v) is 8.10. The number of unbranched alkanes of at least 4 members (excludes halogenated alkanes) is 2. The molecule has 0 unspecified atom stereocenters. The van der Waals surface area contributed by atoms with Gasteiger partial charge in [0, 0.05) is 11.4 Å². The Bertz CT molecular complexity index is 123. The van der Waals surface area contributed by atoms with Crippen molar-refractivity contribution < 1.29 is 9.53 Å². The Morgan fingerprint density at radius 2 is 2.18 bits per heavy atom. The molecule has 0 saturated carbocycles. The first-order chi connectivity index (χ1) is 5.31. The summed E-state index contributed by atoms with van der Waals surface area (Å²) in [5.74, 6) is -0.330. The Balaban J connectivity index is 3.01. The van der Waals surface area contributed by atoms with Gasteiger partial charge in [-0.1, -0.05) is 22.5 Å². The van der Waals surface area contributed by atoms with Crippen LogP contribution in [-0.4, -0.2) is 17.9 Å². The van der Waals surface area contributed by atoms with Gasteiger partial charge in [-0.15, -0.1) is 0 Å². The second-order valence-corrected chi connectivity index (χ2v) is 2.91. The van der Waals surface area contributed by atoms with E-state index in [1.807, 2.05) is 0 Å². The highest BCUT2D eigenvalue weighted by Crippen LogP contribution is 1.98. The Kier molecular flexibility index (Phi) is 7.57. The molecule has 0 saturated heterocycles. The number of carbonyl (C=O) groups excluding carboxylic acids is 1. The van der Waals surface area contributed by atoms with Gasteiger partial charge in [0.15, 0.2) is 0 Å². The zero-order chi connectivity index (χ0) is 8.53. The molecule has 64 valence electrons. The quantitative estimate of drug-likeness (QED) is 0.297. The maximum Gasteiger partial charge on any atom is 0.330 e. The third kappa shape index (κ3) is 7.59. The zero-order valence-electron chi connectivity index (χ0n) is 6.51. The van der Waals surface area contributed by atoms with Gasteiger partial charge in [0.1, 0.15) is 0 Å². The lowest BCUT2D eigenvalue weighted by atomic mass is 10.3. The van der Waals surface area contributed by atoms with E-state index in [0.29, 0.717) is 6.61 Å². The highest BCUT2D eigenvalue weighted by Gasteiger charge is 1.93. The molecule has 0 aliphatic carbocycles. The minimum absolute atomic E-state index is 0.330. The fraction of sp³-hybridized carbons (Fsp3) is 0.625. The fourth-order valence-electron chi connectivity index (χ4n) is 0.605. The topological polar surface area (TPSA) is 26.3 Å². The van der Waals surface area contributed by atoms with Crippen LogP contribution in [0, 0.1) is 0 Å². The largest absolute Gasteiger partial charge is 0.463 e. The van der Waals surface area contributed by atoms with Crippen LogP contribution >= 0.6 is 15.9 Å². The minimum Gasteiger partial charge on any atom is -0.463 e. The van der Waals surface area contributed by atoms with E-state index in [0.717, 1.165) is 24.6 Å². The van der Waals surface area contributed by atoms with E-state index in [1.54, 1.807) is 0 Å². The number of esters is 1. The molecule has 0 aliphatic rings. The highest BCUT2D eigenvalue weighted by atomic mass is 79.9. The molecule has 0 heterocycles. The van der Waals surface area contributed by atoms with Crippen LogP contribution in [0.25, 0.3) is 0 Å². The summed E-state index contributed by atoms with van der Waals surface area (Å²) >= 11 is 3.32. The van der Waals surface area contributed by atoms with E-state index in [9.17, 15) is 4.79 Å². The van der Waals surface area contributed by atoms with Crippen molar-refractivity contribution in [1.29, 1.82) is 0 Å². The molecule has 0 spiro atoms. The van der Waals surface area contributed by atoms with Crippen molar-refractivity contribution in [3.63, 3.8) is 0 Å². The van der Waals surface area contributed by atoms with Gasteiger partial charge in [-0.2, -0.15) is 0 Å². The second-order valence-electron chi connectivity index (χ2n) is 2.12. The molecule has 0 N–H and O–H groups in total. The Morgan fingerprint density at radius 3 is 2.73 bits per heavy atom. The molecule has 0 aromatic heterocycles. The maximum atomic E-state index is 10.5. The van der Waals surface area contributed by atoms with Gasteiger partial charge in [-0.25, -0.2) is 4.79 Å². The molecular weight excluding hydrogens is 208 g/mol. The van der Waals surface area contributed by atoms with E-state index >= 15 is 0 Å². The molecule has 0 aromatic rings. The van der Waals surface area contributed by atoms with Gasteiger partial charge in [0.05, 0.1) is 6.61 Å². The van der Waals surface area contributed by atoms with E-state index < -0.39 is 0 Å². The van der Waals surface area contributed by atoms with E-state index in [-0.39, 0.29) is 5.97 Å². The molecule has 0 aliphatic heterocycles. The summed E-state index contributed by atoms with van der Waals surface area (Å²) in [6.45, 7) is 3.81. The van der Waals surface area contributed by atoms with Crippen LogP contribution in [0.1, 0.15) is 19.3 Å². The normalized spacial score (nSPS) is 9.18. The Labute approximate surface area is 75.7 Å². The number of carbonyl (C=O) groups is 1. The maximum absolute atomic E-state index is 10.5. The fourth-order valence-corrected chi connectivity index (χ4v) is 1.00. The van der Waals surface area contributed by atoms with Crippen molar-refractivity contribution in [2.45, 2.75) is 19.3 Å². The van der Waals surface area contributed by atoms with Crippen LogP contribution in [0.4, 0.5) is 0 Å². The van der Waals surface area contributed by atoms with Crippen LogP contribution in [0.3, 0.4) is 0 Å². The molecule has 0 amide bonds. The predicted molar refractivity (Wildman–Crippen MR) is 48.8 cm³/mol. The first kappa shape index (κ1) is 10.7. The van der Waals surface area contributed by atoms with Gasteiger partial charge in [0.2, 0.25) is 0 Å². The van der Waals surface area contributed by atoms with Crippen molar-refractivity contribution in [2.24, 2.45) is 0 Å². The van der Waals surface area contributed by atoms with Gasteiger partial charge in [-0.05, 0) is 19.3 Å². The summed E-state index contributed by atoms with van der Waals surface area (Å²) in [7, 11) is 0. The summed E-state index contributed by atoms with van der Waals surface area (Å²) < 4.78 is 4.77. The minimum atomic E-state index is -0.330. The monoisotopic (exact) mass is 220 g/mol. The van der Waals surface area contributed by atoms with Gasteiger partial charge in [0.25, 0.3) is 0 Å². The van der Waals surface area contributed by atoms with Crippen LogP contribution in [0.15, 0.2) is 12.7 Å². The number of halogens is 1. The molecule has 3 heteroatoms. The van der Waals surface area contributed by atoms with E-state index in [1.165, 1.54) is 6.08 Å². The molecule has 0 bridgehead atoms. The number of rotatable bonds is 6. The number of ether oxygens (including phenoxy) is 1. The summed E-state index contributed by atoms with van der Waals surface area (Å²) in [5.41, 5.74) is 0. The van der Waals surface area contributed by atoms with E-state index in [4.69, 9.17) is 4.74 Å². The van der Waals surface area contributed by atoms with Crippen LogP contribution < -0.4 is 0 Å². The average molecular weight is 221 g/mol. The van der Waals surface area contributed by atoms with Gasteiger partial charge in [-0.3, -0.25) is 0 Å². The molecule has 0 radical (unpaired) electrons. The highest BCUT2D eigenvalue weighted by molar-refractivity contribution is 9.09. The molecule has 0 fully saturated rings. The number of alkyl halides is 1. The van der Waals surface area contributed by atoms with Crippen LogP contribution in [-0.2, 0) is 9.53 Å². The molecular formula is C8H13BrO2. The molecule has 0 atom stereocenters. The summed E-state index contributed by atoms with van der Waals surface area (Å²) in [5, 5.41) is 1.02. The molecule has 0 rings (SSSR count). The van der Waals surface area contributed by atoms with Crippen molar-refractivity contribution in [1.82, 2.24) is 0 Å². The summed E-state index contributed by atoms with van der Waals surface area (Å²) in [4.78, 5) is 10.5. The SMILES string of the molecule is C=CC(=O)OCCCCCBr. The molecule has 11 heavy (non-hydrogen) atoms. The first-order valence-electron chi connectivity index (χ1n) is 3.66. The van der Waals surface area contributed by atoms with Crippen molar-refractivity contribution >= 4 is 21.9 Å². The van der Waals surface area contributed by atoms with Crippen molar-refractivity contribution in [2.75, 3.05) is 11.9 Å². The lowest BCUT2D eigenvalue weighted by Gasteiger charge is -1.99. The van der Waals surface area contributed by atoms with Crippen LogP contribution in [0.5, 0.6) is 0 Å². The van der Waals surface area contributed by atoms with Gasteiger partial charge >= 0.3 is 5.97 Å².